The Bertz CT molecular complexity index is 218. The lowest BCUT2D eigenvalue weighted by molar-refractivity contribution is -0.178. The zero-order chi connectivity index (χ0) is 15.9. The van der Waals surface area contributed by atoms with Gasteiger partial charge in [0.25, 0.3) is 0 Å². The standard InChI is InChI=1S/C4H11NO4.2H3O4P/c6-1-3-8-5-9-4-2-7;2*1-5(2,3)4/h5-7H,1-4H2;2*(H3,1,2,3,4). The van der Waals surface area contributed by atoms with Crippen LogP contribution in [-0.4, -0.2) is 66.0 Å². The molecule has 0 saturated carbocycles. The molecule has 9 N–H and O–H groups in total. The second-order valence-corrected chi connectivity index (χ2v) is 4.31. The second-order valence-electron chi connectivity index (χ2n) is 2.25. The number of phosphoric acid groups is 2. The second kappa shape index (κ2) is 14.4. The van der Waals surface area contributed by atoms with Crippen molar-refractivity contribution in [3.05, 3.63) is 0 Å². The van der Waals surface area contributed by atoms with E-state index in [0.717, 1.165) is 0 Å². The van der Waals surface area contributed by atoms with Crippen LogP contribution in [0.4, 0.5) is 0 Å². The van der Waals surface area contributed by atoms with E-state index in [1.54, 1.807) is 0 Å². The average Bonchev–Trinajstić information content (AvgIpc) is 2.12. The molecule has 0 radical (unpaired) electrons. The van der Waals surface area contributed by atoms with Crippen molar-refractivity contribution in [2.24, 2.45) is 0 Å². The van der Waals surface area contributed by atoms with E-state index in [9.17, 15) is 0 Å². The highest BCUT2D eigenvalue weighted by Crippen LogP contribution is 2.26. The zero-order valence-electron chi connectivity index (χ0n) is 9.43. The highest BCUT2D eigenvalue weighted by molar-refractivity contribution is 7.45. The van der Waals surface area contributed by atoms with E-state index in [1.807, 2.05) is 0 Å². The molecule has 0 atom stereocenters. The fourth-order valence-electron chi connectivity index (χ4n) is 0.216. The highest BCUT2D eigenvalue weighted by Gasteiger charge is 2.00. The maximum atomic E-state index is 8.88. The first kappa shape index (κ1) is 24.1. The van der Waals surface area contributed by atoms with Crippen molar-refractivity contribution < 1.29 is 58.4 Å². The fourth-order valence-corrected chi connectivity index (χ4v) is 0.216. The van der Waals surface area contributed by atoms with E-state index in [1.165, 1.54) is 0 Å². The lowest BCUT2D eigenvalue weighted by atomic mass is 10.8. The molecule has 0 amide bonds. The number of aliphatic hydroxyl groups excluding tert-OH is 2. The summed E-state index contributed by atoms with van der Waals surface area (Å²) >= 11 is 0. The zero-order valence-corrected chi connectivity index (χ0v) is 11.2. The Labute approximate surface area is 107 Å². The molecule has 0 bridgehead atoms. The third kappa shape index (κ3) is 128. The maximum absolute atomic E-state index is 8.88. The van der Waals surface area contributed by atoms with Gasteiger partial charge in [-0.15, -0.1) is 0 Å². The van der Waals surface area contributed by atoms with E-state index in [4.69, 9.17) is 48.7 Å². The molecule has 0 fully saturated rings. The molecule has 0 aromatic rings. The number of hydrogen-bond acceptors (Lipinski definition) is 7. The van der Waals surface area contributed by atoms with E-state index >= 15 is 0 Å². The SMILES string of the molecule is O=P(O)(O)O.O=P(O)(O)O.OCCONOCCO. The van der Waals surface area contributed by atoms with Gasteiger partial charge in [-0.25, -0.2) is 9.13 Å². The van der Waals surface area contributed by atoms with Gasteiger partial charge >= 0.3 is 15.6 Å². The van der Waals surface area contributed by atoms with Crippen molar-refractivity contribution in [3.63, 3.8) is 0 Å². The van der Waals surface area contributed by atoms with Crippen LogP contribution in [0.3, 0.4) is 0 Å². The molecule has 0 saturated heterocycles. The van der Waals surface area contributed by atoms with Crippen LogP contribution in [0.25, 0.3) is 0 Å². The van der Waals surface area contributed by atoms with E-state index in [0.29, 0.717) is 0 Å². The van der Waals surface area contributed by atoms with Crippen LogP contribution in [0.2, 0.25) is 0 Å². The Hall–Kier alpha value is 0.0200. The third-order valence-electron chi connectivity index (χ3n) is 0.505. The summed E-state index contributed by atoms with van der Waals surface area (Å²) in [5.74, 6) is 0. The molecule has 0 aliphatic heterocycles. The summed E-state index contributed by atoms with van der Waals surface area (Å²) in [4.78, 5) is 52.0. The number of hydrogen-bond donors (Lipinski definition) is 9. The molecular weight excluding hydrogens is 316 g/mol. The highest BCUT2D eigenvalue weighted by atomic mass is 31.2. The summed E-state index contributed by atoms with van der Waals surface area (Å²) in [7, 11) is -9.28. The first-order valence-corrected chi connectivity index (χ1v) is 7.31. The van der Waals surface area contributed by atoms with Gasteiger partial charge in [-0.2, -0.15) is 0 Å². The molecule has 0 aromatic heterocycles. The minimum atomic E-state index is -4.64. The maximum Gasteiger partial charge on any atom is 0.466 e. The summed E-state index contributed by atoms with van der Waals surface area (Å²) in [6.07, 6.45) is 0. The smallest absolute Gasteiger partial charge is 0.394 e. The van der Waals surface area contributed by atoms with Crippen LogP contribution in [0.1, 0.15) is 0 Å². The molecule has 13 nitrogen and oxygen atoms in total. The van der Waals surface area contributed by atoms with Gasteiger partial charge < -0.3 is 39.6 Å². The molecule has 120 valence electrons. The van der Waals surface area contributed by atoms with Crippen LogP contribution in [0.15, 0.2) is 0 Å². The lowest BCUT2D eigenvalue weighted by Crippen LogP contribution is -2.19. The first-order valence-electron chi connectivity index (χ1n) is 4.18. The quantitative estimate of drug-likeness (QED) is 0.131. The van der Waals surface area contributed by atoms with Crippen LogP contribution in [0, 0.1) is 0 Å². The molecule has 0 rings (SSSR count). The van der Waals surface area contributed by atoms with Crippen molar-refractivity contribution in [1.29, 1.82) is 0 Å². The average molecular weight is 333 g/mol. The van der Waals surface area contributed by atoms with Gasteiger partial charge in [0.05, 0.1) is 26.4 Å². The molecule has 0 aromatic carbocycles. The Morgan fingerprint density at radius 1 is 0.737 bits per heavy atom. The Morgan fingerprint density at radius 3 is 1.11 bits per heavy atom. The van der Waals surface area contributed by atoms with Gasteiger partial charge in [-0.05, 0) is 0 Å². The Morgan fingerprint density at radius 2 is 0.947 bits per heavy atom. The fraction of sp³-hybridized carbons (Fsp3) is 1.00. The molecule has 0 aliphatic carbocycles. The Kier molecular flexibility index (Phi) is 18.3. The molecule has 19 heavy (non-hydrogen) atoms. The first-order chi connectivity index (χ1) is 8.41. The van der Waals surface area contributed by atoms with Gasteiger partial charge in [0.15, 0.2) is 0 Å². The van der Waals surface area contributed by atoms with Crippen LogP contribution < -0.4 is 5.64 Å². The van der Waals surface area contributed by atoms with Gasteiger partial charge in [-0.3, -0.25) is 9.68 Å². The predicted octanol–water partition coefficient (Wildman–Crippen LogP) is -3.43. The van der Waals surface area contributed by atoms with Crippen molar-refractivity contribution in [2.75, 3.05) is 26.4 Å². The summed E-state index contributed by atoms with van der Waals surface area (Å²) in [6.45, 7) is 0.224. The summed E-state index contributed by atoms with van der Waals surface area (Å²) in [6, 6.07) is 0. The lowest BCUT2D eigenvalue weighted by Gasteiger charge is -2.01. The Balaban J connectivity index is -0.000000219. The molecule has 0 unspecified atom stereocenters. The van der Waals surface area contributed by atoms with Crippen molar-refractivity contribution in [1.82, 2.24) is 5.64 Å². The molecule has 0 aliphatic rings. The summed E-state index contributed by atoms with van der Waals surface area (Å²) in [5.41, 5.74) is 2.07. The monoisotopic (exact) mass is 333 g/mol. The van der Waals surface area contributed by atoms with Gasteiger partial charge in [0, 0.05) is 0 Å². The van der Waals surface area contributed by atoms with Crippen molar-refractivity contribution in [3.8, 4) is 0 Å². The van der Waals surface area contributed by atoms with Gasteiger partial charge in [-0.1, -0.05) is 5.64 Å². The minimum Gasteiger partial charge on any atom is -0.394 e. The minimum absolute atomic E-state index is 0.0600. The van der Waals surface area contributed by atoms with Crippen molar-refractivity contribution >= 4 is 15.6 Å². The normalized spacial score (nSPS) is 10.9. The largest absolute Gasteiger partial charge is 0.466 e. The van der Waals surface area contributed by atoms with Crippen molar-refractivity contribution in [2.45, 2.75) is 0 Å². The summed E-state index contributed by atoms with van der Waals surface area (Å²) in [5, 5.41) is 16.3. The molecular formula is C4H17NO12P2. The van der Waals surface area contributed by atoms with E-state index < -0.39 is 15.6 Å². The van der Waals surface area contributed by atoms with E-state index in [-0.39, 0.29) is 26.4 Å². The van der Waals surface area contributed by atoms with Crippen LogP contribution in [-0.2, 0) is 18.8 Å². The third-order valence-corrected chi connectivity index (χ3v) is 0.505. The molecule has 15 heteroatoms. The predicted molar refractivity (Wildman–Crippen MR) is 57.7 cm³/mol. The van der Waals surface area contributed by atoms with Crippen LogP contribution in [0.5, 0.6) is 0 Å². The van der Waals surface area contributed by atoms with Gasteiger partial charge in [0.1, 0.15) is 0 Å². The summed E-state index contributed by atoms with van der Waals surface area (Å²) < 4.78 is 17.8. The molecule has 0 spiro atoms. The number of rotatable bonds is 6. The topological polar surface area (TPSA) is 226 Å². The number of aliphatic hydroxyl groups is 2. The van der Waals surface area contributed by atoms with Crippen LogP contribution >= 0.6 is 15.6 Å². The van der Waals surface area contributed by atoms with Gasteiger partial charge in [0.2, 0.25) is 0 Å². The molecule has 0 heterocycles. The van der Waals surface area contributed by atoms with E-state index in [2.05, 4.69) is 15.3 Å². The number of nitrogens with one attached hydrogen (secondary N) is 1.